The van der Waals surface area contributed by atoms with E-state index in [1.807, 2.05) is 18.2 Å². The van der Waals surface area contributed by atoms with Gasteiger partial charge in [-0.05, 0) is 12.0 Å². The van der Waals surface area contributed by atoms with Crippen LogP contribution in [-0.2, 0) is 0 Å². The van der Waals surface area contributed by atoms with Gasteiger partial charge in [-0.15, -0.1) is 0 Å². The van der Waals surface area contributed by atoms with Gasteiger partial charge < -0.3 is 0 Å². The minimum atomic E-state index is -0.269. The Morgan fingerprint density at radius 3 is 2.58 bits per heavy atom. The molecule has 1 aromatic carbocycles. The molecule has 0 amide bonds. The Morgan fingerprint density at radius 1 is 1.42 bits per heavy atom. The smallest absolute Gasteiger partial charge is 0.120 e. The van der Waals surface area contributed by atoms with Crippen LogP contribution in [-0.4, -0.2) is 4.32 Å². The molecule has 0 bridgehead atoms. The first kappa shape index (κ1) is 7.82. The molecule has 0 radical (unpaired) electrons. The maximum atomic E-state index is 8.80. The van der Waals surface area contributed by atoms with Gasteiger partial charge in [-0.1, -0.05) is 46.3 Å². The average Bonchev–Trinajstić information content (AvgIpc) is 2.81. The van der Waals surface area contributed by atoms with Gasteiger partial charge in [0.15, 0.2) is 0 Å². The monoisotopic (exact) mass is 221 g/mol. The second-order valence-electron chi connectivity index (χ2n) is 3.14. The second-order valence-corrected chi connectivity index (χ2v) is 4.56. The molecule has 1 nitrogen and oxygen atoms in total. The number of benzene rings is 1. The van der Waals surface area contributed by atoms with Crippen molar-refractivity contribution in [2.75, 3.05) is 0 Å². The molecule has 0 spiro atoms. The first-order valence-corrected chi connectivity index (χ1v) is 4.71. The standard InChI is InChI=1S/C10H8BrN/c11-10(7-12)6-9(10)8-4-2-1-3-5-8/h1-5,9H,6H2/t9-,10-/m0/s1. The van der Waals surface area contributed by atoms with E-state index in [1.54, 1.807) is 0 Å². The predicted molar refractivity (Wildman–Crippen MR) is 51.1 cm³/mol. The van der Waals surface area contributed by atoms with Crippen LogP contribution in [0.1, 0.15) is 17.9 Å². The summed E-state index contributed by atoms with van der Waals surface area (Å²) in [5, 5.41) is 8.80. The van der Waals surface area contributed by atoms with Crippen molar-refractivity contribution in [2.24, 2.45) is 0 Å². The second kappa shape index (κ2) is 2.60. The number of hydrogen-bond donors (Lipinski definition) is 0. The molecule has 1 aromatic rings. The molecule has 0 heterocycles. The normalized spacial score (nSPS) is 32.5. The Bertz CT molecular complexity index is 327. The molecule has 0 aliphatic heterocycles. The fraction of sp³-hybridized carbons (Fsp3) is 0.300. The van der Waals surface area contributed by atoms with Crippen molar-refractivity contribution in [2.45, 2.75) is 16.7 Å². The van der Waals surface area contributed by atoms with Crippen molar-refractivity contribution in [3.63, 3.8) is 0 Å². The van der Waals surface area contributed by atoms with E-state index < -0.39 is 0 Å². The Hall–Kier alpha value is -0.810. The third-order valence-electron chi connectivity index (χ3n) is 2.28. The fourth-order valence-electron chi connectivity index (χ4n) is 1.43. The zero-order chi connectivity index (χ0) is 8.60. The third kappa shape index (κ3) is 1.15. The van der Waals surface area contributed by atoms with E-state index in [2.05, 4.69) is 34.1 Å². The van der Waals surface area contributed by atoms with Crippen molar-refractivity contribution in [1.29, 1.82) is 5.26 Å². The quantitative estimate of drug-likeness (QED) is 0.670. The van der Waals surface area contributed by atoms with Crippen LogP contribution in [0.2, 0.25) is 0 Å². The summed E-state index contributed by atoms with van der Waals surface area (Å²) in [7, 11) is 0. The van der Waals surface area contributed by atoms with Crippen LogP contribution < -0.4 is 0 Å². The Morgan fingerprint density at radius 2 is 2.08 bits per heavy atom. The lowest BCUT2D eigenvalue weighted by atomic mass is 10.1. The van der Waals surface area contributed by atoms with E-state index in [1.165, 1.54) is 5.56 Å². The Labute approximate surface area is 80.1 Å². The van der Waals surface area contributed by atoms with Gasteiger partial charge in [-0.2, -0.15) is 5.26 Å². The van der Waals surface area contributed by atoms with E-state index in [0.29, 0.717) is 5.92 Å². The Balaban J connectivity index is 2.23. The lowest BCUT2D eigenvalue weighted by molar-refractivity contribution is 1.08. The van der Waals surface area contributed by atoms with Gasteiger partial charge in [0.1, 0.15) is 4.32 Å². The van der Waals surface area contributed by atoms with E-state index in [9.17, 15) is 0 Å². The van der Waals surface area contributed by atoms with Gasteiger partial charge in [0.05, 0.1) is 6.07 Å². The highest BCUT2D eigenvalue weighted by molar-refractivity contribution is 9.10. The molecule has 60 valence electrons. The topological polar surface area (TPSA) is 23.8 Å². The van der Waals surface area contributed by atoms with Crippen molar-refractivity contribution in [3.8, 4) is 6.07 Å². The van der Waals surface area contributed by atoms with Gasteiger partial charge in [0.2, 0.25) is 0 Å². The van der Waals surface area contributed by atoms with Crippen molar-refractivity contribution in [3.05, 3.63) is 35.9 Å². The molecule has 1 aliphatic carbocycles. The highest BCUT2D eigenvalue weighted by Gasteiger charge is 2.53. The molecule has 0 saturated heterocycles. The molecule has 0 unspecified atom stereocenters. The maximum Gasteiger partial charge on any atom is 0.120 e. The SMILES string of the molecule is N#C[C@@]1(Br)C[C@H]1c1ccccc1. The number of hydrogen-bond acceptors (Lipinski definition) is 1. The summed E-state index contributed by atoms with van der Waals surface area (Å²) in [6, 6.07) is 12.4. The summed E-state index contributed by atoms with van der Waals surface area (Å²) < 4.78 is -0.269. The molecule has 2 atom stereocenters. The molecule has 1 saturated carbocycles. The van der Waals surface area contributed by atoms with Gasteiger partial charge in [0, 0.05) is 5.92 Å². The lowest BCUT2D eigenvalue weighted by Crippen LogP contribution is -1.94. The van der Waals surface area contributed by atoms with Crippen LogP contribution in [0, 0.1) is 11.3 Å². The van der Waals surface area contributed by atoms with Crippen LogP contribution >= 0.6 is 15.9 Å². The summed E-state index contributed by atoms with van der Waals surface area (Å²) in [5.74, 6) is 0.392. The maximum absolute atomic E-state index is 8.80. The minimum Gasteiger partial charge on any atom is -0.197 e. The van der Waals surface area contributed by atoms with Gasteiger partial charge in [0.25, 0.3) is 0 Å². The summed E-state index contributed by atoms with van der Waals surface area (Å²) >= 11 is 3.43. The van der Waals surface area contributed by atoms with Crippen LogP contribution in [0.15, 0.2) is 30.3 Å². The van der Waals surface area contributed by atoms with Crippen molar-refractivity contribution < 1.29 is 0 Å². The minimum absolute atomic E-state index is 0.269. The van der Waals surface area contributed by atoms with Crippen LogP contribution in [0.4, 0.5) is 0 Å². The summed E-state index contributed by atoms with van der Waals surface area (Å²) in [5.41, 5.74) is 1.26. The number of rotatable bonds is 1. The molecule has 2 rings (SSSR count). The highest BCUT2D eigenvalue weighted by atomic mass is 79.9. The van der Waals surface area contributed by atoms with E-state index >= 15 is 0 Å². The highest BCUT2D eigenvalue weighted by Crippen LogP contribution is 2.57. The predicted octanol–water partition coefficient (Wildman–Crippen LogP) is 2.83. The van der Waals surface area contributed by atoms with Gasteiger partial charge >= 0.3 is 0 Å². The van der Waals surface area contributed by atoms with Crippen LogP contribution in [0.25, 0.3) is 0 Å². The molecule has 0 N–H and O–H groups in total. The molecular formula is C10H8BrN. The molecule has 2 heteroatoms. The first-order chi connectivity index (χ1) is 5.76. The zero-order valence-corrected chi connectivity index (χ0v) is 8.08. The number of nitriles is 1. The van der Waals surface area contributed by atoms with E-state index in [0.717, 1.165) is 6.42 Å². The first-order valence-electron chi connectivity index (χ1n) is 3.91. The Kier molecular flexibility index (Phi) is 1.69. The molecule has 1 fully saturated rings. The molecule has 12 heavy (non-hydrogen) atoms. The van der Waals surface area contributed by atoms with Gasteiger partial charge in [-0.25, -0.2) is 0 Å². The van der Waals surface area contributed by atoms with Crippen LogP contribution in [0.3, 0.4) is 0 Å². The van der Waals surface area contributed by atoms with Crippen molar-refractivity contribution in [1.82, 2.24) is 0 Å². The number of alkyl halides is 1. The lowest BCUT2D eigenvalue weighted by Gasteiger charge is -1.98. The number of halogens is 1. The average molecular weight is 222 g/mol. The van der Waals surface area contributed by atoms with E-state index in [-0.39, 0.29) is 4.32 Å². The van der Waals surface area contributed by atoms with E-state index in [4.69, 9.17) is 5.26 Å². The largest absolute Gasteiger partial charge is 0.197 e. The van der Waals surface area contributed by atoms with Gasteiger partial charge in [-0.3, -0.25) is 0 Å². The van der Waals surface area contributed by atoms with Crippen molar-refractivity contribution >= 4 is 15.9 Å². The summed E-state index contributed by atoms with van der Waals surface area (Å²) in [6.45, 7) is 0. The summed E-state index contributed by atoms with van der Waals surface area (Å²) in [6.07, 6.45) is 0.938. The third-order valence-corrected chi connectivity index (χ3v) is 3.33. The molecular weight excluding hydrogens is 214 g/mol. The van der Waals surface area contributed by atoms with Crippen LogP contribution in [0.5, 0.6) is 0 Å². The molecule has 1 aliphatic rings. The molecule has 0 aromatic heterocycles. The summed E-state index contributed by atoms with van der Waals surface area (Å²) in [4.78, 5) is 0. The number of nitrogens with zero attached hydrogens (tertiary/aromatic N) is 1. The zero-order valence-electron chi connectivity index (χ0n) is 6.50. The fourth-order valence-corrected chi connectivity index (χ4v) is 2.02.